The number of esters is 1. The fraction of sp³-hybridized carbons (Fsp3) is 0.462. The van der Waals surface area contributed by atoms with Crippen LogP contribution in [0.5, 0.6) is 5.75 Å². The maximum absolute atomic E-state index is 11.6. The number of nitro groups is 1. The maximum atomic E-state index is 11.6. The lowest BCUT2D eigenvalue weighted by Crippen LogP contribution is -2.42. The number of hydrogen-bond donors (Lipinski definition) is 1. The van der Waals surface area contributed by atoms with Crippen LogP contribution in [0.25, 0.3) is 0 Å². The van der Waals surface area contributed by atoms with E-state index in [4.69, 9.17) is 4.74 Å². The third-order valence-corrected chi connectivity index (χ3v) is 3.07. The quantitative estimate of drug-likeness (QED) is 0.434. The molecule has 1 atom stereocenters. The predicted octanol–water partition coefficient (Wildman–Crippen LogP) is 2.28. The SMILES string of the molecule is CCCNC(COc1cc(Br)cc([N+](=O)[O-])c1)C(=O)OC. The molecule has 0 aliphatic carbocycles. The van der Waals surface area contributed by atoms with E-state index in [-0.39, 0.29) is 12.3 Å². The van der Waals surface area contributed by atoms with Gasteiger partial charge in [0.05, 0.1) is 18.1 Å². The summed E-state index contributed by atoms with van der Waals surface area (Å²) in [7, 11) is 1.30. The Hall–Kier alpha value is -1.67. The Bertz CT molecular complexity index is 509. The average molecular weight is 361 g/mol. The van der Waals surface area contributed by atoms with E-state index in [9.17, 15) is 14.9 Å². The molecular weight excluding hydrogens is 344 g/mol. The molecule has 0 heterocycles. The van der Waals surface area contributed by atoms with Crippen molar-refractivity contribution in [1.29, 1.82) is 0 Å². The van der Waals surface area contributed by atoms with Gasteiger partial charge in [0.2, 0.25) is 0 Å². The third kappa shape index (κ3) is 5.68. The van der Waals surface area contributed by atoms with Crippen molar-refractivity contribution in [2.24, 2.45) is 0 Å². The molecule has 1 aromatic carbocycles. The molecule has 1 N–H and O–H groups in total. The number of carbonyl (C=O) groups is 1. The number of carbonyl (C=O) groups excluding carboxylic acids is 1. The van der Waals surface area contributed by atoms with Crippen LogP contribution in [0.2, 0.25) is 0 Å². The zero-order valence-electron chi connectivity index (χ0n) is 11.8. The Labute approximate surface area is 130 Å². The fourth-order valence-electron chi connectivity index (χ4n) is 1.59. The van der Waals surface area contributed by atoms with Gasteiger partial charge in [-0.1, -0.05) is 22.9 Å². The molecule has 0 bridgehead atoms. The van der Waals surface area contributed by atoms with E-state index in [2.05, 4.69) is 26.0 Å². The highest BCUT2D eigenvalue weighted by Gasteiger charge is 2.19. The van der Waals surface area contributed by atoms with Crippen molar-refractivity contribution in [1.82, 2.24) is 5.32 Å². The molecule has 0 spiro atoms. The van der Waals surface area contributed by atoms with Crippen molar-refractivity contribution in [3.05, 3.63) is 32.8 Å². The van der Waals surface area contributed by atoms with Gasteiger partial charge in [0.15, 0.2) is 0 Å². The lowest BCUT2D eigenvalue weighted by molar-refractivity contribution is -0.385. The van der Waals surface area contributed by atoms with Crippen LogP contribution in [-0.4, -0.2) is 37.2 Å². The number of rotatable bonds is 8. The summed E-state index contributed by atoms with van der Waals surface area (Å²) in [4.78, 5) is 21.9. The molecule has 0 aliphatic rings. The zero-order chi connectivity index (χ0) is 15.8. The smallest absolute Gasteiger partial charge is 0.326 e. The van der Waals surface area contributed by atoms with Gasteiger partial charge in [-0.05, 0) is 19.0 Å². The second kappa shape index (κ2) is 8.58. The highest BCUT2D eigenvalue weighted by atomic mass is 79.9. The van der Waals surface area contributed by atoms with Gasteiger partial charge in [0.25, 0.3) is 5.69 Å². The first-order chi connectivity index (χ1) is 9.97. The van der Waals surface area contributed by atoms with Crippen LogP contribution in [0.15, 0.2) is 22.7 Å². The zero-order valence-corrected chi connectivity index (χ0v) is 13.4. The molecular formula is C13H17BrN2O5. The molecule has 0 aliphatic heterocycles. The number of ether oxygens (including phenoxy) is 2. The maximum Gasteiger partial charge on any atom is 0.326 e. The third-order valence-electron chi connectivity index (χ3n) is 2.61. The van der Waals surface area contributed by atoms with Crippen molar-refractivity contribution in [3.63, 3.8) is 0 Å². The molecule has 0 aromatic heterocycles. The van der Waals surface area contributed by atoms with Crippen molar-refractivity contribution in [3.8, 4) is 5.75 Å². The van der Waals surface area contributed by atoms with E-state index in [0.717, 1.165) is 6.42 Å². The van der Waals surface area contributed by atoms with Gasteiger partial charge in [0.1, 0.15) is 18.4 Å². The molecule has 21 heavy (non-hydrogen) atoms. The van der Waals surface area contributed by atoms with Gasteiger partial charge in [-0.2, -0.15) is 0 Å². The summed E-state index contributed by atoms with van der Waals surface area (Å²) >= 11 is 3.18. The Balaban J connectivity index is 2.75. The number of nitrogens with one attached hydrogen (secondary N) is 1. The Kier molecular flexibility index (Phi) is 7.10. The second-order valence-corrected chi connectivity index (χ2v) is 5.16. The monoisotopic (exact) mass is 360 g/mol. The largest absolute Gasteiger partial charge is 0.491 e. The molecule has 116 valence electrons. The van der Waals surface area contributed by atoms with Gasteiger partial charge >= 0.3 is 5.97 Å². The van der Waals surface area contributed by atoms with E-state index in [0.29, 0.717) is 16.8 Å². The number of hydrogen-bond acceptors (Lipinski definition) is 6. The van der Waals surface area contributed by atoms with Gasteiger partial charge in [-0.3, -0.25) is 14.9 Å². The van der Waals surface area contributed by atoms with Crippen LogP contribution >= 0.6 is 15.9 Å². The number of non-ortho nitro benzene ring substituents is 1. The first-order valence-corrected chi connectivity index (χ1v) is 7.16. The average Bonchev–Trinajstić information content (AvgIpc) is 2.46. The summed E-state index contributed by atoms with van der Waals surface area (Å²) in [5, 5.41) is 13.8. The van der Waals surface area contributed by atoms with Crippen LogP contribution in [0, 0.1) is 10.1 Å². The Morgan fingerprint density at radius 2 is 2.19 bits per heavy atom. The summed E-state index contributed by atoms with van der Waals surface area (Å²) in [5.74, 6) is -0.128. The van der Waals surface area contributed by atoms with E-state index in [1.165, 1.54) is 19.2 Å². The molecule has 7 nitrogen and oxygen atoms in total. The molecule has 0 fully saturated rings. The van der Waals surface area contributed by atoms with Gasteiger partial charge in [0, 0.05) is 10.5 Å². The van der Waals surface area contributed by atoms with Crippen LogP contribution in [0.4, 0.5) is 5.69 Å². The highest BCUT2D eigenvalue weighted by Crippen LogP contribution is 2.26. The summed E-state index contributed by atoms with van der Waals surface area (Å²) in [6.07, 6.45) is 0.857. The van der Waals surface area contributed by atoms with Crippen LogP contribution in [0.1, 0.15) is 13.3 Å². The van der Waals surface area contributed by atoms with Crippen molar-refractivity contribution in [2.45, 2.75) is 19.4 Å². The molecule has 0 radical (unpaired) electrons. The minimum absolute atomic E-state index is 0.0281. The Morgan fingerprint density at radius 1 is 1.48 bits per heavy atom. The van der Waals surface area contributed by atoms with E-state index >= 15 is 0 Å². The Morgan fingerprint density at radius 3 is 2.76 bits per heavy atom. The second-order valence-electron chi connectivity index (χ2n) is 4.24. The van der Waals surface area contributed by atoms with Crippen LogP contribution in [0.3, 0.4) is 0 Å². The molecule has 1 rings (SSSR count). The number of nitrogens with zero attached hydrogens (tertiary/aromatic N) is 1. The van der Waals surface area contributed by atoms with Gasteiger partial charge < -0.3 is 14.8 Å². The first kappa shape index (κ1) is 17.4. The lowest BCUT2D eigenvalue weighted by Gasteiger charge is -2.16. The lowest BCUT2D eigenvalue weighted by atomic mass is 10.3. The fourth-order valence-corrected chi connectivity index (χ4v) is 2.05. The molecule has 0 saturated carbocycles. The predicted molar refractivity (Wildman–Crippen MR) is 80.4 cm³/mol. The van der Waals surface area contributed by atoms with Crippen molar-refractivity contribution < 1.29 is 19.2 Å². The molecule has 1 aromatic rings. The standard InChI is InChI=1S/C13H17BrN2O5/c1-3-4-15-12(13(17)20-2)8-21-11-6-9(14)5-10(7-11)16(18)19/h5-7,12,15H,3-4,8H2,1-2H3. The summed E-state index contributed by atoms with van der Waals surface area (Å²) in [6, 6.07) is 3.66. The molecule has 1 unspecified atom stereocenters. The summed E-state index contributed by atoms with van der Waals surface area (Å²) in [6.45, 7) is 2.64. The molecule has 0 saturated heterocycles. The van der Waals surface area contributed by atoms with Crippen LogP contribution < -0.4 is 10.1 Å². The summed E-state index contributed by atoms with van der Waals surface area (Å²) in [5.41, 5.74) is -0.0875. The molecule has 0 amide bonds. The van der Waals surface area contributed by atoms with Crippen LogP contribution in [-0.2, 0) is 9.53 Å². The van der Waals surface area contributed by atoms with Gasteiger partial charge in [-0.25, -0.2) is 0 Å². The number of halogens is 1. The van der Waals surface area contributed by atoms with Gasteiger partial charge in [-0.15, -0.1) is 0 Å². The highest BCUT2D eigenvalue weighted by molar-refractivity contribution is 9.10. The number of benzene rings is 1. The normalized spacial score (nSPS) is 11.8. The van der Waals surface area contributed by atoms with E-state index in [1.54, 1.807) is 6.07 Å². The van der Waals surface area contributed by atoms with E-state index in [1.807, 2.05) is 6.92 Å². The first-order valence-electron chi connectivity index (χ1n) is 6.37. The van der Waals surface area contributed by atoms with E-state index < -0.39 is 16.9 Å². The molecule has 8 heteroatoms. The van der Waals surface area contributed by atoms with Crippen molar-refractivity contribution in [2.75, 3.05) is 20.3 Å². The minimum Gasteiger partial charge on any atom is -0.491 e. The summed E-state index contributed by atoms with van der Waals surface area (Å²) < 4.78 is 10.7. The number of nitro benzene ring substituents is 1. The van der Waals surface area contributed by atoms with Crippen molar-refractivity contribution >= 4 is 27.6 Å². The number of methoxy groups -OCH3 is 1. The minimum atomic E-state index is -0.618. The topological polar surface area (TPSA) is 90.7 Å².